The van der Waals surface area contributed by atoms with Crippen LogP contribution in [-0.2, 0) is 4.79 Å². The van der Waals surface area contributed by atoms with E-state index in [0.717, 1.165) is 40.3 Å². The maximum Gasteiger partial charge on any atom is 0.226 e. The third kappa shape index (κ3) is 6.88. The van der Waals surface area contributed by atoms with Crippen molar-refractivity contribution < 1.29 is 4.79 Å². The van der Waals surface area contributed by atoms with Crippen LogP contribution in [0.4, 0.5) is 5.69 Å². The quantitative estimate of drug-likeness (QED) is 0.369. The molecule has 1 aliphatic heterocycles. The number of aryl methyl sites for hydroxylation is 1. The summed E-state index contributed by atoms with van der Waals surface area (Å²) in [6.45, 7) is 4.24. The Morgan fingerprint density at radius 3 is 2.83 bits per heavy atom. The Bertz CT molecular complexity index is 564. The van der Waals surface area contributed by atoms with Crippen LogP contribution in [0.5, 0.6) is 0 Å². The van der Waals surface area contributed by atoms with E-state index in [-0.39, 0.29) is 29.9 Å². The van der Waals surface area contributed by atoms with Gasteiger partial charge >= 0.3 is 0 Å². The van der Waals surface area contributed by atoms with Crippen molar-refractivity contribution in [2.24, 2.45) is 10.7 Å². The third-order valence-electron chi connectivity index (χ3n) is 3.42. The van der Waals surface area contributed by atoms with Crippen LogP contribution < -0.4 is 11.1 Å². The molecule has 0 atom stereocenters. The maximum atomic E-state index is 12.0. The summed E-state index contributed by atoms with van der Waals surface area (Å²) in [5, 5.41) is 2.91. The number of rotatable bonds is 4. The molecule has 0 unspecified atom stereocenters. The average molecular weight is 513 g/mol. The lowest BCUT2D eigenvalue weighted by Gasteiger charge is -2.27. The topological polar surface area (TPSA) is 70.7 Å². The molecule has 23 heavy (non-hydrogen) atoms. The molecule has 1 amide bonds. The van der Waals surface area contributed by atoms with Crippen LogP contribution in [-0.4, -0.2) is 47.9 Å². The SMILES string of the molecule is Cc1ccc(Br)cc1NC(=O)CCN=C(N)N1CCSCC1.I. The molecule has 1 aromatic rings. The summed E-state index contributed by atoms with van der Waals surface area (Å²) in [4.78, 5) is 18.4. The van der Waals surface area contributed by atoms with Crippen LogP contribution in [0.15, 0.2) is 27.7 Å². The first-order valence-electron chi connectivity index (χ1n) is 7.25. The number of benzene rings is 1. The summed E-state index contributed by atoms with van der Waals surface area (Å²) in [5.41, 5.74) is 7.82. The van der Waals surface area contributed by atoms with Crippen molar-refractivity contribution in [1.82, 2.24) is 4.90 Å². The van der Waals surface area contributed by atoms with Gasteiger partial charge in [-0.25, -0.2) is 0 Å². The summed E-state index contributed by atoms with van der Waals surface area (Å²) in [6, 6.07) is 5.81. The molecule has 0 spiro atoms. The van der Waals surface area contributed by atoms with Crippen LogP contribution in [0.1, 0.15) is 12.0 Å². The number of carbonyl (C=O) groups is 1. The maximum absolute atomic E-state index is 12.0. The molecule has 5 nitrogen and oxygen atoms in total. The second-order valence-corrected chi connectivity index (χ2v) is 7.24. The molecule has 2 rings (SSSR count). The number of thioether (sulfide) groups is 1. The van der Waals surface area contributed by atoms with E-state index in [4.69, 9.17) is 5.73 Å². The Morgan fingerprint density at radius 2 is 2.13 bits per heavy atom. The van der Waals surface area contributed by atoms with Gasteiger partial charge in [0.25, 0.3) is 0 Å². The predicted octanol–water partition coefficient (Wildman–Crippen LogP) is 3.07. The van der Waals surface area contributed by atoms with E-state index in [9.17, 15) is 4.79 Å². The average Bonchev–Trinajstić information content (AvgIpc) is 2.51. The van der Waals surface area contributed by atoms with Crippen LogP contribution in [0.3, 0.4) is 0 Å². The number of guanidine groups is 1. The first kappa shape index (κ1) is 20.6. The van der Waals surface area contributed by atoms with Gasteiger partial charge in [-0.1, -0.05) is 22.0 Å². The Kier molecular flexibility index (Phi) is 9.30. The summed E-state index contributed by atoms with van der Waals surface area (Å²) in [5.74, 6) is 2.66. The van der Waals surface area contributed by atoms with Crippen molar-refractivity contribution in [2.75, 3.05) is 36.5 Å². The van der Waals surface area contributed by atoms with Gasteiger partial charge < -0.3 is 16.0 Å². The standard InChI is InChI=1S/C15H21BrN4OS.HI/c1-11-2-3-12(16)10-13(11)19-14(21)4-5-18-15(17)20-6-8-22-9-7-20;/h2-3,10H,4-9H2,1H3,(H2,17,18)(H,19,21);1H. The highest BCUT2D eigenvalue weighted by atomic mass is 127. The number of hydrogen-bond acceptors (Lipinski definition) is 3. The van der Waals surface area contributed by atoms with E-state index in [0.29, 0.717) is 18.9 Å². The lowest BCUT2D eigenvalue weighted by Crippen LogP contribution is -2.42. The fourth-order valence-corrected chi connectivity index (χ4v) is 3.37. The number of nitrogens with two attached hydrogens (primary N) is 1. The minimum Gasteiger partial charge on any atom is -0.370 e. The summed E-state index contributed by atoms with van der Waals surface area (Å²) < 4.78 is 0.943. The zero-order valence-corrected chi connectivity index (χ0v) is 17.8. The zero-order chi connectivity index (χ0) is 15.9. The van der Waals surface area contributed by atoms with Gasteiger partial charge in [0.15, 0.2) is 5.96 Å². The van der Waals surface area contributed by atoms with Crippen LogP contribution in [0.25, 0.3) is 0 Å². The van der Waals surface area contributed by atoms with Gasteiger partial charge in [0, 0.05) is 41.2 Å². The number of nitrogens with one attached hydrogen (secondary N) is 1. The molecule has 0 bridgehead atoms. The van der Waals surface area contributed by atoms with E-state index in [1.807, 2.05) is 36.9 Å². The van der Waals surface area contributed by atoms with E-state index in [1.165, 1.54) is 0 Å². The van der Waals surface area contributed by atoms with Gasteiger partial charge in [0.1, 0.15) is 0 Å². The van der Waals surface area contributed by atoms with Crippen molar-refractivity contribution in [3.05, 3.63) is 28.2 Å². The van der Waals surface area contributed by atoms with Crippen LogP contribution in [0, 0.1) is 6.92 Å². The van der Waals surface area contributed by atoms with Gasteiger partial charge in [0.2, 0.25) is 5.91 Å². The van der Waals surface area contributed by atoms with E-state index < -0.39 is 0 Å². The minimum absolute atomic E-state index is 0. The molecule has 3 N–H and O–H groups in total. The fourth-order valence-electron chi connectivity index (χ4n) is 2.11. The molecule has 0 saturated carbocycles. The Morgan fingerprint density at radius 1 is 1.43 bits per heavy atom. The molecule has 1 fully saturated rings. The Hall–Kier alpha value is -0.480. The summed E-state index contributed by atoms with van der Waals surface area (Å²) in [7, 11) is 0. The van der Waals surface area contributed by atoms with Gasteiger partial charge in [-0.15, -0.1) is 24.0 Å². The molecule has 0 aromatic heterocycles. The number of halogens is 2. The monoisotopic (exact) mass is 512 g/mol. The number of anilines is 1. The summed E-state index contributed by atoms with van der Waals surface area (Å²) in [6.07, 6.45) is 0.329. The van der Waals surface area contributed by atoms with Gasteiger partial charge in [-0.2, -0.15) is 11.8 Å². The third-order valence-corrected chi connectivity index (χ3v) is 4.86. The Balaban J connectivity index is 0.00000264. The highest BCUT2D eigenvalue weighted by molar-refractivity contribution is 14.0. The number of amides is 1. The molecular formula is C15H22BrIN4OS. The summed E-state index contributed by atoms with van der Waals surface area (Å²) >= 11 is 5.33. The van der Waals surface area contributed by atoms with Crippen molar-refractivity contribution in [3.63, 3.8) is 0 Å². The molecule has 128 valence electrons. The molecule has 0 aliphatic carbocycles. The lowest BCUT2D eigenvalue weighted by molar-refractivity contribution is -0.116. The largest absolute Gasteiger partial charge is 0.370 e. The molecule has 1 heterocycles. The highest BCUT2D eigenvalue weighted by Crippen LogP contribution is 2.20. The number of aliphatic imine (C=N–C) groups is 1. The van der Waals surface area contributed by atoms with Crippen molar-refractivity contribution >= 4 is 69.2 Å². The smallest absolute Gasteiger partial charge is 0.226 e. The molecule has 8 heteroatoms. The molecular weight excluding hydrogens is 491 g/mol. The minimum atomic E-state index is -0.0491. The van der Waals surface area contributed by atoms with E-state index in [2.05, 4.69) is 31.1 Å². The second-order valence-electron chi connectivity index (χ2n) is 5.10. The molecule has 0 radical (unpaired) electrons. The molecule has 1 saturated heterocycles. The van der Waals surface area contributed by atoms with Crippen molar-refractivity contribution in [1.29, 1.82) is 0 Å². The van der Waals surface area contributed by atoms with Gasteiger partial charge in [0.05, 0.1) is 6.54 Å². The van der Waals surface area contributed by atoms with E-state index in [1.54, 1.807) is 0 Å². The lowest BCUT2D eigenvalue weighted by atomic mass is 10.2. The normalized spacial score (nSPS) is 15.0. The fraction of sp³-hybridized carbons (Fsp3) is 0.467. The van der Waals surface area contributed by atoms with Crippen molar-refractivity contribution in [2.45, 2.75) is 13.3 Å². The van der Waals surface area contributed by atoms with Crippen molar-refractivity contribution in [3.8, 4) is 0 Å². The van der Waals surface area contributed by atoms with Crippen LogP contribution in [0.2, 0.25) is 0 Å². The van der Waals surface area contributed by atoms with Gasteiger partial charge in [-0.3, -0.25) is 9.79 Å². The molecule has 1 aliphatic rings. The van der Waals surface area contributed by atoms with Gasteiger partial charge in [-0.05, 0) is 24.6 Å². The zero-order valence-electron chi connectivity index (χ0n) is 13.0. The predicted molar refractivity (Wildman–Crippen MR) is 113 cm³/mol. The number of carbonyl (C=O) groups excluding carboxylic acids is 1. The second kappa shape index (κ2) is 10.4. The first-order valence-corrected chi connectivity index (χ1v) is 9.19. The molecule has 1 aromatic carbocycles. The number of nitrogens with zero attached hydrogens (tertiary/aromatic N) is 2. The van der Waals surface area contributed by atoms with E-state index >= 15 is 0 Å². The number of hydrogen-bond donors (Lipinski definition) is 2. The Labute approximate surface area is 167 Å². The first-order chi connectivity index (χ1) is 10.6. The van der Waals surface area contributed by atoms with Crippen LogP contribution >= 0.6 is 51.7 Å². The highest BCUT2D eigenvalue weighted by Gasteiger charge is 2.12.